The monoisotopic (exact) mass is 719 g/mol. The highest BCUT2D eigenvalue weighted by atomic mass is 35.5. The molecule has 6 aromatic rings. The minimum absolute atomic E-state index is 0.0551. The number of benzene rings is 2. The van der Waals surface area contributed by atoms with Gasteiger partial charge in [-0.25, -0.2) is 19.3 Å². The van der Waals surface area contributed by atoms with E-state index in [1.807, 2.05) is 43.3 Å². The van der Waals surface area contributed by atoms with Crippen LogP contribution in [0.2, 0.25) is 5.02 Å². The zero-order chi connectivity index (χ0) is 35.1. The van der Waals surface area contributed by atoms with E-state index < -0.39 is 11.0 Å². The molecule has 257 valence electrons. The molecule has 51 heavy (non-hydrogen) atoms. The molecule has 1 saturated heterocycles. The summed E-state index contributed by atoms with van der Waals surface area (Å²) < 4.78 is 28.1. The van der Waals surface area contributed by atoms with Gasteiger partial charge in [0.15, 0.2) is 5.65 Å². The van der Waals surface area contributed by atoms with Gasteiger partial charge in [0, 0.05) is 59.5 Å². The number of carbonyl (C=O) groups is 1. The molecule has 3 radical (unpaired) electrons. The van der Waals surface area contributed by atoms with Crippen LogP contribution in [-0.2, 0) is 24.4 Å². The van der Waals surface area contributed by atoms with Crippen LogP contribution in [0, 0.1) is 12.7 Å². The van der Waals surface area contributed by atoms with Crippen LogP contribution in [0.1, 0.15) is 46.0 Å². The van der Waals surface area contributed by atoms with Gasteiger partial charge in [0.1, 0.15) is 18.2 Å². The maximum Gasteiger partial charge on any atom is 0.255 e. The lowest BCUT2D eigenvalue weighted by Gasteiger charge is -2.39. The fourth-order valence-corrected chi connectivity index (χ4v) is 6.91. The maximum atomic E-state index is 14.2. The largest absolute Gasteiger partial charge is 0.473 e. The maximum absolute atomic E-state index is 14.2. The molecule has 4 aromatic heterocycles. The van der Waals surface area contributed by atoms with Crippen molar-refractivity contribution < 1.29 is 18.7 Å². The molecule has 2 aromatic carbocycles. The number of imidazole rings is 1. The molecule has 0 aliphatic carbocycles. The number of H-pyrrole nitrogens is 1. The number of aromatic nitrogens is 6. The first-order chi connectivity index (χ1) is 24.7. The summed E-state index contributed by atoms with van der Waals surface area (Å²) in [7, 11) is 3.85. The number of ether oxygens (including phenoxy) is 2. The van der Waals surface area contributed by atoms with Crippen LogP contribution in [0.5, 0.6) is 5.88 Å². The number of aromatic amines is 1. The number of amides is 1. The van der Waals surface area contributed by atoms with E-state index in [2.05, 4.69) is 46.3 Å². The Morgan fingerprint density at radius 2 is 2.06 bits per heavy atom. The Morgan fingerprint density at radius 3 is 2.84 bits per heavy atom. The lowest BCUT2D eigenvalue weighted by Crippen LogP contribution is -2.48. The number of halogens is 2. The highest BCUT2D eigenvalue weighted by Gasteiger charge is 2.35. The molecule has 2 aliphatic heterocycles. The van der Waals surface area contributed by atoms with Crippen LogP contribution in [0.4, 0.5) is 10.1 Å². The summed E-state index contributed by atoms with van der Waals surface area (Å²) in [6, 6.07) is 17.6. The zero-order valence-electron chi connectivity index (χ0n) is 27.7. The molecule has 0 spiro atoms. The Morgan fingerprint density at radius 1 is 1.18 bits per heavy atom. The topological polar surface area (TPSA) is 123 Å². The van der Waals surface area contributed by atoms with Gasteiger partial charge in [-0.1, -0.05) is 29.8 Å². The van der Waals surface area contributed by atoms with E-state index >= 15 is 0 Å². The van der Waals surface area contributed by atoms with Crippen LogP contribution in [0.3, 0.4) is 0 Å². The number of hydrogen-bond donors (Lipinski definition) is 2. The predicted octanol–water partition coefficient (Wildman–Crippen LogP) is 6.21. The summed E-state index contributed by atoms with van der Waals surface area (Å²) in [5.41, 5.74) is 6.61. The fourth-order valence-electron chi connectivity index (χ4n) is 6.39. The van der Waals surface area contributed by atoms with E-state index in [9.17, 15) is 9.18 Å². The summed E-state index contributed by atoms with van der Waals surface area (Å²) >= 11 is 5.88. The molecule has 2 N–H and O–H groups in total. The number of hydrogen-bond acceptors (Lipinski definition) is 8. The van der Waals surface area contributed by atoms with Crippen molar-refractivity contribution in [3.63, 3.8) is 0 Å². The molecule has 14 heteroatoms. The molecule has 1 atom stereocenters. The van der Waals surface area contributed by atoms with Gasteiger partial charge < -0.3 is 19.4 Å². The third kappa shape index (κ3) is 7.02. The highest BCUT2D eigenvalue weighted by Crippen LogP contribution is 2.30. The van der Waals surface area contributed by atoms with Gasteiger partial charge in [-0.05, 0) is 67.8 Å². The minimum atomic E-state index is -0.456. The van der Waals surface area contributed by atoms with Crippen LogP contribution in [0.25, 0.3) is 27.6 Å². The number of aryl methyl sites for hydroxylation is 1. The highest BCUT2D eigenvalue weighted by molar-refractivity contribution is 6.30. The van der Waals surface area contributed by atoms with E-state index in [0.29, 0.717) is 59.6 Å². The predicted molar refractivity (Wildman–Crippen MR) is 193 cm³/mol. The van der Waals surface area contributed by atoms with Gasteiger partial charge in [-0.15, -0.1) is 0 Å². The molecule has 6 heterocycles. The van der Waals surface area contributed by atoms with Crippen molar-refractivity contribution in [3.8, 4) is 5.88 Å². The standard InChI is InChI=1S/C37H33ClFN8O3Si/c1-22-28-17-27(18-40-35(28)45-44-22)41-36(48)24-6-8-32-31(15-24)42-33(47(32)21-37(51)11-14-50-37)19-46-12-9-23(10-13-46)30-3-2-4-34(43-30)49-20-25-5-7-26(38)16-29(25)39/h2-9,15-18H,10-14,19-21H2,1H3,(H,41,48)(H,40,44,45)/t37-/m1/s1. The van der Waals surface area contributed by atoms with Crippen molar-refractivity contribution in [1.82, 2.24) is 34.6 Å². The number of pyridine rings is 2. The number of carbonyl (C=O) groups excluding carboxylic acids is 1. The number of anilines is 1. The summed E-state index contributed by atoms with van der Waals surface area (Å²) in [5, 5.41) is 10.8. The molecule has 2 aliphatic rings. The molecule has 0 unspecified atom stereocenters. The Bertz CT molecular complexity index is 2320. The molecular weight excluding hydrogens is 687 g/mol. The Balaban J connectivity index is 0.979. The van der Waals surface area contributed by atoms with Gasteiger partial charge in [-0.3, -0.25) is 14.8 Å². The first-order valence-electron chi connectivity index (χ1n) is 16.7. The fraction of sp³-hybridized carbons (Fsp3) is 0.270. The first kappa shape index (κ1) is 33.2. The lowest BCUT2D eigenvalue weighted by molar-refractivity contribution is -0.0947. The van der Waals surface area contributed by atoms with E-state index in [0.717, 1.165) is 58.6 Å². The van der Waals surface area contributed by atoms with Gasteiger partial charge in [-0.2, -0.15) is 5.10 Å². The van der Waals surface area contributed by atoms with Gasteiger partial charge in [0.2, 0.25) is 5.88 Å². The third-order valence-electron chi connectivity index (χ3n) is 9.35. The SMILES string of the molecule is Cc1[nH]nc2ncc(NC(=O)c3ccc4c(c3)nc(CN3CC=C(c5cccc(OCc6ccc(Cl)cc6F)n5)CC3)n4C[C@]3([Si])CCO3)cc12. The molecule has 1 fully saturated rings. The molecular formula is C37H33ClFN8O3Si. The van der Waals surface area contributed by atoms with E-state index in [1.165, 1.54) is 6.07 Å². The zero-order valence-corrected chi connectivity index (χ0v) is 29.5. The molecule has 11 nitrogen and oxygen atoms in total. The van der Waals surface area contributed by atoms with Crippen molar-refractivity contribution >= 4 is 61.1 Å². The van der Waals surface area contributed by atoms with Crippen LogP contribution < -0.4 is 10.1 Å². The van der Waals surface area contributed by atoms with Crippen LogP contribution in [-0.4, -0.2) is 75.7 Å². The van der Waals surface area contributed by atoms with Crippen molar-refractivity contribution in [2.24, 2.45) is 0 Å². The van der Waals surface area contributed by atoms with E-state index in [1.54, 1.807) is 24.4 Å². The Hall–Kier alpha value is -4.95. The van der Waals surface area contributed by atoms with E-state index in [4.69, 9.17) is 31.0 Å². The van der Waals surface area contributed by atoms with Crippen LogP contribution >= 0.6 is 11.6 Å². The van der Waals surface area contributed by atoms with E-state index in [-0.39, 0.29) is 12.5 Å². The second kappa shape index (κ2) is 13.6. The number of fused-ring (bicyclic) bond motifs is 2. The second-order valence-electron chi connectivity index (χ2n) is 12.9. The van der Waals surface area contributed by atoms with Gasteiger partial charge in [0.05, 0.1) is 50.6 Å². The van der Waals surface area contributed by atoms with Gasteiger partial charge >= 0.3 is 0 Å². The van der Waals surface area contributed by atoms with Crippen molar-refractivity contribution in [2.75, 3.05) is 25.0 Å². The summed E-state index contributed by atoms with van der Waals surface area (Å²) in [6.45, 7) is 5.38. The first-order valence-corrected chi connectivity index (χ1v) is 17.5. The summed E-state index contributed by atoms with van der Waals surface area (Å²) in [5.74, 6) is 0.662. The summed E-state index contributed by atoms with van der Waals surface area (Å²) in [4.78, 5) is 29.8. The van der Waals surface area contributed by atoms with Gasteiger partial charge in [0.25, 0.3) is 5.91 Å². The molecule has 8 rings (SSSR count). The third-order valence-corrected chi connectivity index (χ3v) is 10.1. The number of rotatable bonds is 10. The van der Waals surface area contributed by atoms with Crippen molar-refractivity contribution in [3.05, 3.63) is 112 Å². The number of nitrogens with zero attached hydrogens (tertiary/aromatic N) is 6. The minimum Gasteiger partial charge on any atom is -0.473 e. The second-order valence-corrected chi connectivity index (χ2v) is 14.3. The Labute approximate surface area is 301 Å². The molecule has 1 amide bonds. The Kier molecular flexibility index (Phi) is 8.88. The smallest absolute Gasteiger partial charge is 0.255 e. The average Bonchev–Trinajstić information content (AvgIpc) is 3.65. The lowest BCUT2D eigenvalue weighted by atomic mass is 10.0. The van der Waals surface area contributed by atoms with Crippen molar-refractivity contribution in [1.29, 1.82) is 0 Å². The van der Waals surface area contributed by atoms with Crippen molar-refractivity contribution in [2.45, 2.75) is 44.7 Å². The quantitative estimate of drug-likeness (QED) is 0.160. The van der Waals surface area contributed by atoms with Crippen LogP contribution in [0.15, 0.2) is 72.9 Å². The summed E-state index contributed by atoms with van der Waals surface area (Å²) in [6.07, 6.45) is 5.46. The number of nitrogens with one attached hydrogen (secondary N) is 2. The average molecular weight is 720 g/mol. The normalized spacial score (nSPS) is 17.8. The molecule has 0 saturated carbocycles. The molecule has 0 bridgehead atoms.